The monoisotopic (exact) mass is 472 g/mol. The molecule has 0 unspecified atom stereocenters. The molecular formula is C29H23F3N2O. The van der Waals surface area contributed by atoms with Crippen molar-refractivity contribution in [3.05, 3.63) is 120 Å². The lowest BCUT2D eigenvalue weighted by Gasteiger charge is -2.17. The highest BCUT2D eigenvalue weighted by Gasteiger charge is 2.33. The number of nitrogens with zero attached hydrogens (tertiary/aromatic N) is 2. The van der Waals surface area contributed by atoms with Crippen LogP contribution in [0.15, 0.2) is 97.3 Å². The van der Waals surface area contributed by atoms with Gasteiger partial charge in [-0.1, -0.05) is 54.6 Å². The quantitative estimate of drug-likeness (QED) is 0.257. The Kier molecular flexibility index (Phi) is 6.03. The molecule has 176 valence electrons. The van der Waals surface area contributed by atoms with E-state index in [1.54, 1.807) is 12.3 Å². The SMILES string of the molecule is Cn1cccc1COc1cccc(-c2c(Cc3ccccc3)cnc3c(C(F)(F)F)cccc23)c1. The number of hydrogen-bond donors (Lipinski definition) is 0. The molecule has 2 heterocycles. The molecule has 3 aromatic carbocycles. The number of ether oxygens (including phenoxy) is 1. The van der Waals surface area contributed by atoms with Gasteiger partial charge in [0.25, 0.3) is 0 Å². The first-order chi connectivity index (χ1) is 16.9. The van der Waals surface area contributed by atoms with Crippen LogP contribution in [0, 0.1) is 0 Å². The first-order valence-electron chi connectivity index (χ1n) is 11.3. The van der Waals surface area contributed by atoms with Crippen molar-refractivity contribution in [1.82, 2.24) is 9.55 Å². The van der Waals surface area contributed by atoms with Crippen LogP contribution in [0.25, 0.3) is 22.0 Å². The fraction of sp³-hybridized carbons (Fsp3) is 0.138. The molecule has 5 rings (SSSR count). The molecule has 35 heavy (non-hydrogen) atoms. The Bertz CT molecular complexity index is 1470. The number of para-hydroxylation sites is 1. The third kappa shape index (κ3) is 4.78. The van der Waals surface area contributed by atoms with Crippen molar-refractivity contribution in [3.63, 3.8) is 0 Å². The van der Waals surface area contributed by atoms with Gasteiger partial charge in [-0.2, -0.15) is 13.2 Å². The van der Waals surface area contributed by atoms with E-state index in [9.17, 15) is 13.2 Å². The van der Waals surface area contributed by atoms with Crippen molar-refractivity contribution in [2.24, 2.45) is 7.05 Å². The minimum Gasteiger partial charge on any atom is -0.487 e. The van der Waals surface area contributed by atoms with E-state index in [0.717, 1.165) is 34.0 Å². The van der Waals surface area contributed by atoms with E-state index < -0.39 is 11.7 Å². The number of hydrogen-bond acceptors (Lipinski definition) is 2. The molecule has 0 saturated heterocycles. The van der Waals surface area contributed by atoms with Gasteiger partial charge in [-0.15, -0.1) is 0 Å². The Balaban J connectivity index is 1.63. The first-order valence-corrected chi connectivity index (χ1v) is 11.3. The maximum Gasteiger partial charge on any atom is 0.418 e. The van der Waals surface area contributed by atoms with Gasteiger partial charge < -0.3 is 9.30 Å². The van der Waals surface area contributed by atoms with Crippen molar-refractivity contribution >= 4 is 10.9 Å². The zero-order valence-electron chi connectivity index (χ0n) is 19.1. The molecule has 0 radical (unpaired) electrons. The van der Waals surface area contributed by atoms with E-state index in [-0.39, 0.29) is 5.52 Å². The molecular weight excluding hydrogens is 449 g/mol. The number of rotatable bonds is 6. The summed E-state index contributed by atoms with van der Waals surface area (Å²) in [7, 11) is 1.95. The number of halogens is 3. The number of aryl methyl sites for hydroxylation is 1. The second kappa shape index (κ2) is 9.29. The summed E-state index contributed by atoms with van der Waals surface area (Å²) >= 11 is 0. The van der Waals surface area contributed by atoms with E-state index >= 15 is 0 Å². The summed E-state index contributed by atoms with van der Waals surface area (Å²) in [5, 5.41) is 0.466. The largest absolute Gasteiger partial charge is 0.487 e. The second-order valence-corrected chi connectivity index (χ2v) is 8.45. The molecule has 6 heteroatoms. The standard InChI is InChI=1S/C29H23F3N2O/c1-34-15-7-11-23(34)19-35-24-12-5-10-21(17-24)27-22(16-20-8-3-2-4-9-20)18-33-28-25(27)13-6-14-26(28)29(30,31)32/h2-15,17-18H,16,19H2,1H3. The number of aromatic nitrogens is 2. The van der Waals surface area contributed by atoms with Gasteiger partial charge in [0.2, 0.25) is 0 Å². The Labute approximate surface area is 201 Å². The molecule has 0 amide bonds. The van der Waals surface area contributed by atoms with E-state index in [2.05, 4.69) is 4.98 Å². The summed E-state index contributed by atoms with van der Waals surface area (Å²) < 4.78 is 49.3. The number of benzene rings is 3. The molecule has 0 aliphatic heterocycles. The van der Waals surface area contributed by atoms with Gasteiger partial charge >= 0.3 is 6.18 Å². The van der Waals surface area contributed by atoms with E-state index in [4.69, 9.17) is 4.74 Å². The molecule has 3 nitrogen and oxygen atoms in total. The van der Waals surface area contributed by atoms with Crippen LogP contribution in [0.5, 0.6) is 5.75 Å². The van der Waals surface area contributed by atoms with Crippen molar-refractivity contribution in [3.8, 4) is 16.9 Å². The van der Waals surface area contributed by atoms with Crippen LogP contribution in [0.1, 0.15) is 22.4 Å². The van der Waals surface area contributed by atoms with Crippen LogP contribution in [0.2, 0.25) is 0 Å². The van der Waals surface area contributed by atoms with Crippen LogP contribution in [-0.4, -0.2) is 9.55 Å². The average molecular weight is 473 g/mol. The normalized spacial score (nSPS) is 11.7. The van der Waals surface area contributed by atoms with Crippen LogP contribution in [0.4, 0.5) is 13.2 Å². The van der Waals surface area contributed by atoms with Crippen LogP contribution >= 0.6 is 0 Å². The van der Waals surface area contributed by atoms with Gasteiger partial charge in [0.1, 0.15) is 12.4 Å². The maximum absolute atomic E-state index is 13.8. The summed E-state index contributed by atoms with van der Waals surface area (Å²) in [6, 6.07) is 25.5. The van der Waals surface area contributed by atoms with Gasteiger partial charge in [0.05, 0.1) is 16.8 Å². The predicted octanol–water partition coefficient (Wildman–Crippen LogP) is 7.43. The number of fused-ring (bicyclic) bond motifs is 1. The Hall–Kier alpha value is -4.06. The van der Waals surface area contributed by atoms with Crippen molar-refractivity contribution in [1.29, 1.82) is 0 Å². The fourth-order valence-corrected chi connectivity index (χ4v) is 4.33. The fourth-order valence-electron chi connectivity index (χ4n) is 4.33. The lowest BCUT2D eigenvalue weighted by molar-refractivity contribution is -0.136. The van der Waals surface area contributed by atoms with Gasteiger partial charge in [-0.25, -0.2) is 0 Å². The smallest absolute Gasteiger partial charge is 0.418 e. The van der Waals surface area contributed by atoms with E-state index in [0.29, 0.717) is 24.2 Å². The average Bonchev–Trinajstić information content (AvgIpc) is 3.27. The van der Waals surface area contributed by atoms with Gasteiger partial charge in [0, 0.05) is 24.8 Å². The number of pyridine rings is 1. The predicted molar refractivity (Wildman–Crippen MR) is 131 cm³/mol. The zero-order valence-corrected chi connectivity index (χ0v) is 19.1. The molecule has 0 aliphatic rings. The van der Waals surface area contributed by atoms with Gasteiger partial charge in [0.15, 0.2) is 0 Å². The van der Waals surface area contributed by atoms with E-state index in [1.165, 1.54) is 6.07 Å². The van der Waals surface area contributed by atoms with Crippen LogP contribution in [0.3, 0.4) is 0 Å². The van der Waals surface area contributed by atoms with Crippen LogP contribution in [-0.2, 0) is 26.3 Å². The topological polar surface area (TPSA) is 27.1 Å². The summed E-state index contributed by atoms with van der Waals surface area (Å²) in [6.45, 7) is 0.388. The van der Waals surface area contributed by atoms with Gasteiger partial charge in [-0.3, -0.25) is 4.98 Å². The summed E-state index contributed by atoms with van der Waals surface area (Å²) in [5.74, 6) is 0.645. The maximum atomic E-state index is 13.8. The molecule has 0 fully saturated rings. The lowest BCUT2D eigenvalue weighted by atomic mass is 9.92. The summed E-state index contributed by atoms with van der Waals surface area (Å²) in [5.41, 5.74) is 3.65. The first kappa shape index (κ1) is 22.7. The molecule has 0 atom stereocenters. The Morgan fingerprint density at radius 3 is 2.43 bits per heavy atom. The minimum atomic E-state index is -4.50. The molecule has 5 aromatic rings. The summed E-state index contributed by atoms with van der Waals surface area (Å²) in [6.07, 6.45) is -0.432. The second-order valence-electron chi connectivity index (χ2n) is 8.45. The molecule has 0 saturated carbocycles. The third-order valence-corrected chi connectivity index (χ3v) is 6.08. The van der Waals surface area contributed by atoms with Crippen molar-refractivity contribution in [2.45, 2.75) is 19.2 Å². The Morgan fingerprint density at radius 2 is 1.69 bits per heavy atom. The van der Waals surface area contributed by atoms with Crippen molar-refractivity contribution in [2.75, 3.05) is 0 Å². The highest BCUT2D eigenvalue weighted by Crippen LogP contribution is 2.39. The number of alkyl halides is 3. The van der Waals surface area contributed by atoms with E-state index in [1.807, 2.05) is 84.5 Å². The van der Waals surface area contributed by atoms with Gasteiger partial charge in [-0.05, 0) is 59.0 Å². The lowest BCUT2D eigenvalue weighted by Crippen LogP contribution is -2.07. The minimum absolute atomic E-state index is 0.0538. The Morgan fingerprint density at radius 1 is 0.886 bits per heavy atom. The zero-order chi connectivity index (χ0) is 24.4. The molecule has 0 spiro atoms. The highest BCUT2D eigenvalue weighted by atomic mass is 19.4. The van der Waals surface area contributed by atoms with Crippen molar-refractivity contribution < 1.29 is 17.9 Å². The summed E-state index contributed by atoms with van der Waals surface area (Å²) in [4.78, 5) is 4.28. The molecule has 0 aliphatic carbocycles. The third-order valence-electron chi connectivity index (χ3n) is 6.08. The highest BCUT2D eigenvalue weighted by molar-refractivity contribution is 5.98. The molecule has 2 aromatic heterocycles. The molecule has 0 bridgehead atoms. The van der Waals surface area contributed by atoms with Crippen LogP contribution < -0.4 is 4.74 Å². The molecule has 0 N–H and O–H groups in total.